The quantitative estimate of drug-likeness (QED) is 0.765. The van der Waals surface area contributed by atoms with Gasteiger partial charge in [-0.15, -0.1) is 0 Å². The highest BCUT2D eigenvalue weighted by atomic mass is 19.1. The fourth-order valence-corrected chi connectivity index (χ4v) is 3.58. The standard InChI is InChI=1S/C19H22FN5O/c20-15-4-5-16-17(13-15)23-19(22-16)14-6-11-24(12-7-14)18(26)3-1-9-25-10-2-8-21-25/h2,4-5,8,10,13-14H,1,3,6-7,9,11-12H2,(H,22,23). The lowest BCUT2D eigenvalue weighted by molar-refractivity contribution is -0.132. The molecular weight excluding hydrogens is 333 g/mol. The van der Waals surface area contributed by atoms with Gasteiger partial charge in [0.1, 0.15) is 11.6 Å². The van der Waals surface area contributed by atoms with Crippen LogP contribution in [0.1, 0.15) is 37.4 Å². The van der Waals surface area contributed by atoms with E-state index in [1.165, 1.54) is 12.1 Å². The lowest BCUT2D eigenvalue weighted by atomic mass is 9.96. The molecule has 1 fully saturated rings. The Kier molecular flexibility index (Phi) is 4.69. The topological polar surface area (TPSA) is 66.8 Å². The second-order valence-corrected chi connectivity index (χ2v) is 6.81. The molecule has 26 heavy (non-hydrogen) atoms. The minimum atomic E-state index is -0.261. The summed E-state index contributed by atoms with van der Waals surface area (Å²) < 4.78 is 15.2. The van der Waals surface area contributed by atoms with Crippen LogP contribution in [0.25, 0.3) is 11.0 Å². The number of aromatic amines is 1. The van der Waals surface area contributed by atoms with E-state index in [-0.39, 0.29) is 11.7 Å². The van der Waals surface area contributed by atoms with E-state index in [1.807, 2.05) is 21.8 Å². The largest absolute Gasteiger partial charge is 0.343 e. The second kappa shape index (κ2) is 7.27. The van der Waals surface area contributed by atoms with Gasteiger partial charge in [0.25, 0.3) is 0 Å². The molecule has 0 unspecified atom stereocenters. The van der Waals surface area contributed by atoms with Gasteiger partial charge in [-0.05, 0) is 43.5 Å². The number of hydrogen-bond acceptors (Lipinski definition) is 3. The van der Waals surface area contributed by atoms with Crippen molar-refractivity contribution in [1.29, 1.82) is 0 Å². The molecule has 1 saturated heterocycles. The smallest absolute Gasteiger partial charge is 0.222 e. The molecule has 6 nitrogen and oxygen atoms in total. The summed E-state index contributed by atoms with van der Waals surface area (Å²) >= 11 is 0. The van der Waals surface area contributed by atoms with Gasteiger partial charge >= 0.3 is 0 Å². The Bertz CT molecular complexity index is 881. The highest BCUT2D eigenvalue weighted by molar-refractivity contribution is 5.76. The molecule has 7 heteroatoms. The van der Waals surface area contributed by atoms with Crippen LogP contribution in [0.5, 0.6) is 0 Å². The number of imidazole rings is 1. The Morgan fingerprint density at radius 2 is 2.15 bits per heavy atom. The molecule has 1 aliphatic rings. The molecule has 0 spiro atoms. The number of nitrogens with zero attached hydrogens (tertiary/aromatic N) is 4. The number of nitrogens with one attached hydrogen (secondary N) is 1. The normalized spacial score (nSPS) is 15.7. The lowest BCUT2D eigenvalue weighted by Gasteiger charge is -2.31. The molecule has 1 aromatic carbocycles. The number of halogens is 1. The predicted molar refractivity (Wildman–Crippen MR) is 96.1 cm³/mol. The number of carbonyl (C=O) groups excluding carboxylic acids is 1. The van der Waals surface area contributed by atoms with Crippen molar-refractivity contribution in [2.75, 3.05) is 13.1 Å². The van der Waals surface area contributed by atoms with Gasteiger partial charge in [-0.3, -0.25) is 9.48 Å². The molecule has 1 N–H and O–H groups in total. The molecule has 0 bridgehead atoms. The highest BCUT2D eigenvalue weighted by Crippen LogP contribution is 2.28. The number of carbonyl (C=O) groups is 1. The number of likely N-dealkylation sites (tertiary alicyclic amines) is 1. The van der Waals surface area contributed by atoms with E-state index in [4.69, 9.17) is 0 Å². The first kappa shape index (κ1) is 16.8. The minimum Gasteiger partial charge on any atom is -0.343 e. The number of H-pyrrole nitrogens is 1. The molecular formula is C19H22FN5O. The first-order valence-corrected chi connectivity index (χ1v) is 9.09. The van der Waals surface area contributed by atoms with E-state index in [9.17, 15) is 9.18 Å². The molecule has 3 aromatic rings. The molecule has 0 saturated carbocycles. The number of fused-ring (bicyclic) bond motifs is 1. The van der Waals surface area contributed by atoms with Crippen LogP contribution in [0.3, 0.4) is 0 Å². The van der Waals surface area contributed by atoms with Crippen molar-refractivity contribution in [1.82, 2.24) is 24.6 Å². The van der Waals surface area contributed by atoms with Crippen molar-refractivity contribution in [2.45, 2.75) is 38.1 Å². The maximum atomic E-state index is 13.3. The van der Waals surface area contributed by atoms with Crippen LogP contribution in [0, 0.1) is 5.82 Å². The van der Waals surface area contributed by atoms with Crippen molar-refractivity contribution in [3.8, 4) is 0 Å². The van der Waals surface area contributed by atoms with E-state index in [1.54, 1.807) is 12.3 Å². The third-order valence-corrected chi connectivity index (χ3v) is 5.03. The van der Waals surface area contributed by atoms with Crippen LogP contribution in [0.15, 0.2) is 36.7 Å². The summed E-state index contributed by atoms with van der Waals surface area (Å²) in [6, 6.07) is 6.49. The van der Waals surface area contributed by atoms with E-state index in [2.05, 4.69) is 15.1 Å². The fraction of sp³-hybridized carbons (Fsp3) is 0.421. The van der Waals surface area contributed by atoms with Crippen LogP contribution in [0.4, 0.5) is 4.39 Å². The molecule has 1 amide bonds. The van der Waals surface area contributed by atoms with Crippen molar-refractivity contribution in [3.05, 3.63) is 48.3 Å². The number of aromatic nitrogens is 4. The first-order chi connectivity index (χ1) is 12.7. The maximum absolute atomic E-state index is 13.3. The average molecular weight is 355 g/mol. The number of benzene rings is 1. The zero-order valence-electron chi connectivity index (χ0n) is 14.6. The Hall–Kier alpha value is -2.70. The SMILES string of the molecule is O=C(CCCn1cccn1)N1CCC(c2nc3ccc(F)cc3[nH]2)CC1. The summed E-state index contributed by atoms with van der Waals surface area (Å²) in [5.41, 5.74) is 1.52. The summed E-state index contributed by atoms with van der Waals surface area (Å²) in [6.45, 7) is 2.26. The molecule has 0 aliphatic carbocycles. The highest BCUT2D eigenvalue weighted by Gasteiger charge is 2.25. The van der Waals surface area contributed by atoms with Crippen molar-refractivity contribution < 1.29 is 9.18 Å². The molecule has 0 radical (unpaired) electrons. The van der Waals surface area contributed by atoms with Crippen molar-refractivity contribution >= 4 is 16.9 Å². The minimum absolute atomic E-state index is 0.210. The Labute approximate surface area is 151 Å². The molecule has 1 aliphatic heterocycles. The van der Waals surface area contributed by atoms with Gasteiger partial charge in [-0.1, -0.05) is 0 Å². The summed E-state index contributed by atoms with van der Waals surface area (Å²) in [4.78, 5) is 22.2. The molecule has 4 rings (SSSR count). The van der Waals surface area contributed by atoms with Crippen LogP contribution in [0.2, 0.25) is 0 Å². The van der Waals surface area contributed by atoms with E-state index < -0.39 is 0 Å². The third kappa shape index (κ3) is 3.61. The lowest BCUT2D eigenvalue weighted by Crippen LogP contribution is -2.38. The first-order valence-electron chi connectivity index (χ1n) is 9.09. The zero-order valence-corrected chi connectivity index (χ0v) is 14.6. The number of piperidine rings is 1. The van der Waals surface area contributed by atoms with Gasteiger partial charge in [0, 0.05) is 44.4 Å². The van der Waals surface area contributed by atoms with E-state index >= 15 is 0 Å². The van der Waals surface area contributed by atoms with Crippen LogP contribution in [-0.4, -0.2) is 43.6 Å². The third-order valence-electron chi connectivity index (χ3n) is 5.03. The van der Waals surface area contributed by atoms with Crippen LogP contribution in [-0.2, 0) is 11.3 Å². The number of hydrogen-bond donors (Lipinski definition) is 1. The molecule has 3 heterocycles. The monoisotopic (exact) mass is 355 g/mol. The van der Waals surface area contributed by atoms with Gasteiger partial charge in [0.15, 0.2) is 0 Å². The van der Waals surface area contributed by atoms with Gasteiger partial charge in [-0.2, -0.15) is 5.10 Å². The van der Waals surface area contributed by atoms with Gasteiger partial charge in [-0.25, -0.2) is 9.37 Å². The average Bonchev–Trinajstić information content (AvgIpc) is 3.31. The summed E-state index contributed by atoms with van der Waals surface area (Å²) in [7, 11) is 0. The van der Waals surface area contributed by atoms with Crippen LogP contribution >= 0.6 is 0 Å². The van der Waals surface area contributed by atoms with Gasteiger partial charge in [0.2, 0.25) is 5.91 Å². The Morgan fingerprint density at radius 1 is 1.31 bits per heavy atom. The van der Waals surface area contributed by atoms with Gasteiger partial charge < -0.3 is 9.88 Å². The number of rotatable bonds is 5. The summed E-state index contributed by atoms with van der Waals surface area (Å²) in [5, 5.41) is 4.15. The predicted octanol–water partition coefficient (Wildman–Crippen LogP) is 3.08. The fourth-order valence-electron chi connectivity index (χ4n) is 3.58. The maximum Gasteiger partial charge on any atom is 0.222 e. The molecule has 136 valence electrons. The Morgan fingerprint density at radius 3 is 2.92 bits per heavy atom. The number of amides is 1. The Balaban J connectivity index is 1.29. The zero-order chi connectivity index (χ0) is 17.9. The van der Waals surface area contributed by atoms with Crippen LogP contribution < -0.4 is 0 Å². The number of aryl methyl sites for hydroxylation is 1. The van der Waals surface area contributed by atoms with Crippen molar-refractivity contribution in [2.24, 2.45) is 0 Å². The van der Waals surface area contributed by atoms with Gasteiger partial charge in [0.05, 0.1) is 11.0 Å². The van der Waals surface area contributed by atoms with Crippen molar-refractivity contribution in [3.63, 3.8) is 0 Å². The van der Waals surface area contributed by atoms with E-state index in [0.717, 1.165) is 55.8 Å². The summed E-state index contributed by atoms with van der Waals surface area (Å²) in [5.74, 6) is 1.14. The molecule has 0 atom stereocenters. The second-order valence-electron chi connectivity index (χ2n) is 6.81. The molecule has 2 aromatic heterocycles. The summed E-state index contributed by atoms with van der Waals surface area (Å²) in [6.07, 6.45) is 6.78. The van der Waals surface area contributed by atoms with E-state index in [0.29, 0.717) is 12.3 Å².